The highest BCUT2D eigenvalue weighted by Gasteiger charge is 2.51. The number of fused-ring (bicyclic) bond motifs is 1. The van der Waals surface area contributed by atoms with Gasteiger partial charge >= 0.3 is 0 Å². The Morgan fingerprint density at radius 3 is 2.44 bits per heavy atom. The van der Waals surface area contributed by atoms with Crippen molar-refractivity contribution in [2.75, 3.05) is 25.7 Å². The quantitative estimate of drug-likeness (QED) is 0.726. The molecule has 0 aromatic heterocycles. The van der Waals surface area contributed by atoms with Gasteiger partial charge in [-0.2, -0.15) is 0 Å². The molecule has 0 radical (unpaired) electrons. The van der Waals surface area contributed by atoms with E-state index in [9.17, 15) is 4.79 Å². The third-order valence-electron chi connectivity index (χ3n) is 2.97. The minimum Gasteiger partial charge on any atom is -0.342 e. The summed E-state index contributed by atoms with van der Waals surface area (Å²) in [5.74, 6) is -1.44. The zero-order valence-electron chi connectivity index (χ0n) is 9.69. The maximum atomic E-state index is 12.3. The van der Waals surface area contributed by atoms with Crippen LogP contribution in [0, 0.1) is 0 Å². The summed E-state index contributed by atoms with van der Waals surface area (Å²) in [4.78, 5) is 13.9. The van der Waals surface area contributed by atoms with Crippen molar-refractivity contribution in [2.24, 2.45) is 0 Å². The molecule has 0 fully saturated rings. The van der Waals surface area contributed by atoms with Crippen molar-refractivity contribution in [3.05, 3.63) is 29.8 Å². The van der Waals surface area contributed by atoms with Gasteiger partial charge in [-0.3, -0.25) is 4.79 Å². The zero-order chi connectivity index (χ0) is 11.8. The Morgan fingerprint density at radius 1 is 1.25 bits per heavy atom. The highest BCUT2D eigenvalue weighted by molar-refractivity contribution is 6.06. The first kappa shape index (κ1) is 11.1. The third-order valence-corrected chi connectivity index (χ3v) is 2.97. The predicted octanol–water partition coefficient (Wildman–Crippen LogP) is 1.50. The fourth-order valence-electron chi connectivity index (χ4n) is 2.18. The Hall–Kier alpha value is -1.39. The summed E-state index contributed by atoms with van der Waals surface area (Å²) in [5.41, 5.74) is 1.63. The number of anilines is 1. The number of rotatable bonds is 3. The lowest BCUT2D eigenvalue weighted by Gasteiger charge is -2.24. The zero-order valence-corrected chi connectivity index (χ0v) is 9.69. The minimum absolute atomic E-state index is 0.166. The molecule has 0 unspecified atom stereocenters. The molecule has 0 saturated carbocycles. The number of benzene rings is 1. The molecule has 1 aromatic rings. The van der Waals surface area contributed by atoms with Gasteiger partial charge in [0.15, 0.2) is 0 Å². The highest BCUT2D eigenvalue weighted by atomic mass is 16.7. The summed E-state index contributed by atoms with van der Waals surface area (Å²) in [5, 5.41) is 0. The second kappa shape index (κ2) is 3.88. The standard InChI is InChI=1S/C12H15NO3/c1-4-13-10-8-6-5-7-9(10)12(15-2,16-3)11(13)14/h5-8H,4H2,1-3H3. The summed E-state index contributed by atoms with van der Waals surface area (Å²) < 4.78 is 10.6. The SMILES string of the molecule is CCN1C(=O)C(OC)(OC)c2ccccc21. The van der Waals surface area contributed by atoms with Gasteiger partial charge in [0.25, 0.3) is 11.7 Å². The van der Waals surface area contributed by atoms with Crippen molar-refractivity contribution in [1.82, 2.24) is 0 Å². The Morgan fingerprint density at radius 2 is 1.88 bits per heavy atom. The van der Waals surface area contributed by atoms with Gasteiger partial charge in [-0.15, -0.1) is 0 Å². The third kappa shape index (κ3) is 1.20. The van der Waals surface area contributed by atoms with E-state index < -0.39 is 5.79 Å². The number of hydrogen-bond acceptors (Lipinski definition) is 3. The van der Waals surface area contributed by atoms with Crippen LogP contribution in [0.2, 0.25) is 0 Å². The van der Waals surface area contributed by atoms with Gasteiger partial charge in [0.2, 0.25) is 0 Å². The normalized spacial score (nSPS) is 17.7. The van der Waals surface area contributed by atoms with Crippen LogP contribution >= 0.6 is 0 Å². The van der Waals surface area contributed by atoms with Crippen molar-refractivity contribution in [2.45, 2.75) is 12.7 Å². The molecule has 0 N–H and O–H groups in total. The average molecular weight is 221 g/mol. The molecule has 0 spiro atoms. The van der Waals surface area contributed by atoms with Crippen LogP contribution in [0.5, 0.6) is 0 Å². The first-order chi connectivity index (χ1) is 7.71. The molecule has 0 aliphatic carbocycles. The molecule has 0 bridgehead atoms. The van der Waals surface area contributed by atoms with Crippen molar-refractivity contribution in [1.29, 1.82) is 0 Å². The van der Waals surface area contributed by atoms with Gasteiger partial charge in [-0.25, -0.2) is 0 Å². The Bertz CT molecular complexity index is 412. The van der Waals surface area contributed by atoms with E-state index in [4.69, 9.17) is 9.47 Å². The number of likely N-dealkylation sites (N-methyl/N-ethyl adjacent to an activating group) is 1. The van der Waals surface area contributed by atoms with E-state index in [2.05, 4.69) is 0 Å². The Labute approximate surface area is 94.8 Å². The van der Waals surface area contributed by atoms with Crippen LogP contribution in [0.15, 0.2) is 24.3 Å². The molecule has 0 atom stereocenters. The summed E-state index contributed by atoms with van der Waals surface area (Å²) in [6.07, 6.45) is 0. The fraction of sp³-hybridized carbons (Fsp3) is 0.417. The second-order valence-corrected chi connectivity index (χ2v) is 3.59. The maximum absolute atomic E-state index is 12.3. The molecular formula is C12H15NO3. The summed E-state index contributed by atoms with van der Waals surface area (Å²) in [6.45, 7) is 2.53. The topological polar surface area (TPSA) is 38.8 Å². The van der Waals surface area contributed by atoms with E-state index in [1.807, 2.05) is 31.2 Å². The first-order valence-electron chi connectivity index (χ1n) is 5.23. The molecule has 4 nitrogen and oxygen atoms in total. The van der Waals surface area contributed by atoms with Gasteiger partial charge < -0.3 is 14.4 Å². The number of nitrogens with zero attached hydrogens (tertiary/aromatic N) is 1. The molecule has 86 valence electrons. The van der Waals surface area contributed by atoms with Crippen LogP contribution < -0.4 is 4.90 Å². The Balaban J connectivity index is 2.63. The van der Waals surface area contributed by atoms with E-state index in [0.717, 1.165) is 11.3 Å². The number of ether oxygens (including phenoxy) is 2. The molecule has 1 aliphatic rings. The van der Waals surface area contributed by atoms with E-state index in [-0.39, 0.29) is 5.91 Å². The molecule has 4 heteroatoms. The lowest BCUT2D eigenvalue weighted by molar-refractivity contribution is -0.209. The second-order valence-electron chi connectivity index (χ2n) is 3.59. The number of amides is 1. The minimum atomic E-state index is -1.27. The molecule has 1 heterocycles. The molecule has 1 aliphatic heterocycles. The van der Waals surface area contributed by atoms with Crippen LogP contribution in [0.3, 0.4) is 0 Å². The van der Waals surface area contributed by atoms with Crippen molar-refractivity contribution >= 4 is 11.6 Å². The monoisotopic (exact) mass is 221 g/mol. The van der Waals surface area contributed by atoms with Gasteiger partial charge in [0, 0.05) is 26.3 Å². The number of para-hydroxylation sites is 1. The van der Waals surface area contributed by atoms with Gasteiger partial charge in [0.05, 0.1) is 5.69 Å². The van der Waals surface area contributed by atoms with Gasteiger partial charge in [0.1, 0.15) is 0 Å². The number of hydrogen-bond donors (Lipinski definition) is 0. The van der Waals surface area contributed by atoms with Crippen LogP contribution in [0.4, 0.5) is 5.69 Å². The average Bonchev–Trinajstić information content (AvgIpc) is 2.58. The van der Waals surface area contributed by atoms with Crippen LogP contribution in [0.25, 0.3) is 0 Å². The highest BCUT2D eigenvalue weighted by Crippen LogP contribution is 2.42. The van der Waals surface area contributed by atoms with Crippen LogP contribution in [-0.2, 0) is 20.1 Å². The van der Waals surface area contributed by atoms with E-state index in [1.165, 1.54) is 14.2 Å². The van der Waals surface area contributed by atoms with E-state index >= 15 is 0 Å². The Kier molecular flexibility index (Phi) is 2.69. The molecule has 0 saturated heterocycles. The fourth-order valence-corrected chi connectivity index (χ4v) is 2.18. The van der Waals surface area contributed by atoms with Gasteiger partial charge in [-0.1, -0.05) is 18.2 Å². The summed E-state index contributed by atoms with van der Waals surface area (Å²) in [7, 11) is 2.97. The van der Waals surface area contributed by atoms with Crippen molar-refractivity contribution in [3.8, 4) is 0 Å². The predicted molar refractivity (Wildman–Crippen MR) is 60.2 cm³/mol. The maximum Gasteiger partial charge on any atom is 0.292 e. The smallest absolute Gasteiger partial charge is 0.292 e. The molecular weight excluding hydrogens is 206 g/mol. The molecule has 1 aromatic carbocycles. The number of methoxy groups -OCH3 is 2. The largest absolute Gasteiger partial charge is 0.342 e. The molecule has 2 rings (SSSR count). The number of carbonyl (C=O) groups is 1. The van der Waals surface area contributed by atoms with E-state index in [1.54, 1.807) is 4.90 Å². The molecule has 16 heavy (non-hydrogen) atoms. The lowest BCUT2D eigenvalue weighted by atomic mass is 10.1. The van der Waals surface area contributed by atoms with Gasteiger partial charge in [-0.05, 0) is 13.0 Å². The first-order valence-corrected chi connectivity index (χ1v) is 5.23. The van der Waals surface area contributed by atoms with Crippen LogP contribution in [0.1, 0.15) is 12.5 Å². The molecule has 1 amide bonds. The van der Waals surface area contributed by atoms with Crippen molar-refractivity contribution in [3.63, 3.8) is 0 Å². The summed E-state index contributed by atoms with van der Waals surface area (Å²) >= 11 is 0. The van der Waals surface area contributed by atoms with Crippen LogP contribution in [-0.4, -0.2) is 26.7 Å². The van der Waals surface area contributed by atoms with E-state index in [0.29, 0.717) is 6.54 Å². The summed E-state index contributed by atoms with van der Waals surface area (Å²) in [6, 6.07) is 7.53. The lowest BCUT2D eigenvalue weighted by Crippen LogP contribution is -2.43. The number of carbonyl (C=O) groups excluding carboxylic acids is 1. The van der Waals surface area contributed by atoms with Crippen molar-refractivity contribution < 1.29 is 14.3 Å².